The van der Waals surface area contributed by atoms with Gasteiger partial charge >= 0.3 is 6.18 Å². The molecule has 0 aliphatic carbocycles. The molecule has 10 heteroatoms. The smallest absolute Gasteiger partial charge is 0.392 e. The van der Waals surface area contributed by atoms with E-state index in [4.69, 9.17) is 11.6 Å². The average molecular weight is 368 g/mol. The fourth-order valence-electron chi connectivity index (χ4n) is 2.71. The van der Waals surface area contributed by atoms with Gasteiger partial charge in [0.05, 0.1) is 21.6 Å². The molecule has 24 heavy (non-hydrogen) atoms. The van der Waals surface area contributed by atoms with Crippen molar-refractivity contribution >= 4 is 23.0 Å². The molecule has 1 aliphatic heterocycles. The number of aliphatic hydroxyl groups is 1. The Morgan fingerprint density at radius 2 is 1.92 bits per heavy atom. The number of rotatable bonds is 4. The topological polar surface area (TPSA) is 69.8 Å². The Kier molecular flexibility index (Phi) is 5.56. The van der Waals surface area contributed by atoms with Crippen molar-refractivity contribution < 1.29 is 23.2 Å². The number of halogens is 4. The van der Waals surface area contributed by atoms with Crippen LogP contribution in [0.2, 0.25) is 5.02 Å². The molecule has 2 rings (SSSR count). The highest BCUT2D eigenvalue weighted by Gasteiger charge is 2.37. The van der Waals surface area contributed by atoms with E-state index in [0.29, 0.717) is 38.8 Å². The molecule has 1 aliphatic rings. The number of piperazine rings is 1. The van der Waals surface area contributed by atoms with E-state index in [-0.39, 0.29) is 5.69 Å². The molecule has 0 amide bonds. The van der Waals surface area contributed by atoms with E-state index in [1.165, 1.54) is 0 Å². The van der Waals surface area contributed by atoms with E-state index in [0.717, 1.165) is 6.07 Å². The summed E-state index contributed by atoms with van der Waals surface area (Å²) in [6.07, 6.45) is -5.25. The molecular weight excluding hydrogens is 351 g/mol. The van der Waals surface area contributed by atoms with Gasteiger partial charge in [-0.3, -0.25) is 15.0 Å². The molecule has 1 aromatic rings. The average Bonchev–Trinajstić information content (AvgIpc) is 2.45. The summed E-state index contributed by atoms with van der Waals surface area (Å²) in [6.45, 7) is 4.02. The van der Waals surface area contributed by atoms with Gasteiger partial charge in [-0.2, -0.15) is 13.2 Å². The highest BCUT2D eigenvalue weighted by molar-refractivity contribution is 6.31. The lowest BCUT2D eigenvalue weighted by atomic mass is 10.1. The lowest BCUT2D eigenvalue weighted by Crippen LogP contribution is -2.48. The molecule has 1 heterocycles. The maximum absolute atomic E-state index is 12.9. The predicted octanol–water partition coefficient (Wildman–Crippen LogP) is 2.77. The summed E-state index contributed by atoms with van der Waals surface area (Å²) in [5.41, 5.74) is -1.75. The summed E-state index contributed by atoms with van der Waals surface area (Å²) in [7, 11) is 0. The fraction of sp³-hybridized carbons (Fsp3) is 0.571. The molecule has 0 unspecified atom stereocenters. The van der Waals surface area contributed by atoms with Crippen LogP contribution in [-0.4, -0.2) is 53.8 Å². The van der Waals surface area contributed by atoms with Gasteiger partial charge < -0.3 is 10.0 Å². The highest BCUT2D eigenvalue weighted by atomic mass is 35.5. The standard InChI is InChI=1S/C14H17ClF3N3O3/c1-9(22)8-19-2-4-20(5-3-19)12-7-11(15)10(14(16,17)18)6-13(12)21(23)24/h6-7,9,22H,2-5,8H2,1H3/t9-/m1/s1. The summed E-state index contributed by atoms with van der Waals surface area (Å²) in [4.78, 5) is 14.0. The van der Waals surface area contributed by atoms with E-state index in [1.54, 1.807) is 11.8 Å². The first kappa shape index (κ1) is 18.8. The van der Waals surface area contributed by atoms with Gasteiger partial charge in [0, 0.05) is 38.8 Å². The minimum Gasteiger partial charge on any atom is -0.392 e. The molecule has 0 spiro atoms. The number of hydrogen-bond donors (Lipinski definition) is 1. The van der Waals surface area contributed by atoms with E-state index >= 15 is 0 Å². The van der Waals surface area contributed by atoms with Crippen molar-refractivity contribution in [2.45, 2.75) is 19.2 Å². The van der Waals surface area contributed by atoms with Gasteiger partial charge in [-0.05, 0) is 13.0 Å². The molecule has 1 atom stereocenters. The number of nitro benzene ring substituents is 1. The van der Waals surface area contributed by atoms with Gasteiger partial charge in [0.15, 0.2) is 0 Å². The summed E-state index contributed by atoms with van der Waals surface area (Å²) in [5, 5.41) is 20.0. The summed E-state index contributed by atoms with van der Waals surface area (Å²) in [6, 6.07) is 1.49. The maximum Gasteiger partial charge on any atom is 0.418 e. The molecule has 1 N–H and O–H groups in total. The van der Waals surface area contributed by atoms with Crippen molar-refractivity contribution in [1.82, 2.24) is 4.90 Å². The van der Waals surface area contributed by atoms with Crippen LogP contribution in [0.3, 0.4) is 0 Å². The Labute approximate surface area is 141 Å². The lowest BCUT2D eigenvalue weighted by Gasteiger charge is -2.36. The van der Waals surface area contributed by atoms with Gasteiger partial charge in [-0.15, -0.1) is 0 Å². The first-order valence-corrected chi connectivity index (χ1v) is 7.68. The minimum atomic E-state index is -4.75. The number of benzene rings is 1. The third-order valence-electron chi connectivity index (χ3n) is 3.80. The molecule has 0 aromatic heterocycles. The van der Waals surface area contributed by atoms with Crippen LogP contribution in [0.15, 0.2) is 12.1 Å². The van der Waals surface area contributed by atoms with E-state index in [9.17, 15) is 28.4 Å². The van der Waals surface area contributed by atoms with Gasteiger partial charge in [0.25, 0.3) is 5.69 Å². The van der Waals surface area contributed by atoms with Crippen molar-refractivity contribution in [3.63, 3.8) is 0 Å². The van der Waals surface area contributed by atoms with E-state index < -0.39 is 33.5 Å². The van der Waals surface area contributed by atoms with Crippen molar-refractivity contribution in [2.75, 3.05) is 37.6 Å². The predicted molar refractivity (Wildman–Crippen MR) is 83.4 cm³/mol. The second-order valence-corrected chi connectivity index (χ2v) is 6.12. The Morgan fingerprint density at radius 3 is 2.38 bits per heavy atom. The van der Waals surface area contributed by atoms with Crippen LogP contribution in [0.4, 0.5) is 24.5 Å². The Hall–Kier alpha value is -1.58. The molecule has 6 nitrogen and oxygen atoms in total. The van der Waals surface area contributed by atoms with Crippen molar-refractivity contribution in [3.05, 3.63) is 32.8 Å². The van der Waals surface area contributed by atoms with Crippen LogP contribution >= 0.6 is 11.6 Å². The van der Waals surface area contributed by atoms with Gasteiger partial charge in [-0.1, -0.05) is 11.6 Å². The second-order valence-electron chi connectivity index (χ2n) is 5.71. The van der Waals surface area contributed by atoms with Crippen LogP contribution in [0.1, 0.15) is 12.5 Å². The number of nitro groups is 1. The van der Waals surface area contributed by atoms with Crippen LogP contribution in [0, 0.1) is 10.1 Å². The summed E-state index contributed by atoms with van der Waals surface area (Å²) >= 11 is 5.69. The monoisotopic (exact) mass is 367 g/mol. The van der Waals surface area contributed by atoms with E-state index in [2.05, 4.69) is 0 Å². The zero-order valence-electron chi connectivity index (χ0n) is 12.9. The second kappa shape index (κ2) is 7.12. The SMILES string of the molecule is C[C@@H](O)CN1CCN(c2cc(Cl)c(C(F)(F)F)cc2[N+](=O)[O-])CC1. The maximum atomic E-state index is 12.9. The van der Waals surface area contributed by atoms with Crippen LogP contribution in [-0.2, 0) is 6.18 Å². The van der Waals surface area contributed by atoms with Crippen LogP contribution < -0.4 is 4.90 Å². The number of nitrogens with zero attached hydrogens (tertiary/aromatic N) is 3. The zero-order valence-corrected chi connectivity index (χ0v) is 13.6. The number of alkyl halides is 3. The van der Waals surface area contributed by atoms with Gasteiger partial charge in [0.2, 0.25) is 0 Å². The third kappa shape index (κ3) is 4.28. The molecule has 0 saturated carbocycles. The molecule has 0 radical (unpaired) electrons. The number of hydrogen-bond acceptors (Lipinski definition) is 5. The summed E-state index contributed by atoms with van der Waals surface area (Å²) in [5.74, 6) is 0. The normalized spacial score (nSPS) is 17.8. The molecule has 1 fully saturated rings. The Bertz CT molecular complexity index is 617. The Balaban J connectivity index is 2.28. The number of β-amino-alcohol motifs (C(OH)–C–C–N with tert-alkyl or cyclic N) is 1. The fourth-order valence-corrected chi connectivity index (χ4v) is 2.98. The number of anilines is 1. The van der Waals surface area contributed by atoms with Crippen molar-refractivity contribution in [1.29, 1.82) is 0 Å². The lowest BCUT2D eigenvalue weighted by molar-refractivity contribution is -0.384. The zero-order chi connectivity index (χ0) is 18.1. The third-order valence-corrected chi connectivity index (χ3v) is 4.11. The molecule has 1 saturated heterocycles. The molecule has 1 aromatic carbocycles. The summed E-state index contributed by atoms with van der Waals surface area (Å²) < 4.78 is 38.7. The quantitative estimate of drug-likeness (QED) is 0.654. The van der Waals surface area contributed by atoms with Gasteiger partial charge in [0.1, 0.15) is 5.69 Å². The molecular formula is C14H17ClF3N3O3. The molecule has 134 valence electrons. The van der Waals surface area contributed by atoms with E-state index in [1.807, 2.05) is 4.90 Å². The number of aliphatic hydroxyl groups excluding tert-OH is 1. The highest BCUT2D eigenvalue weighted by Crippen LogP contribution is 2.41. The van der Waals surface area contributed by atoms with Crippen LogP contribution in [0.5, 0.6) is 0 Å². The minimum absolute atomic E-state index is 0.0784. The largest absolute Gasteiger partial charge is 0.418 e. The van der Waals surface area contributed by atoms with Crippen molar-refractivity contribution in [2.24, 2.45) is 0 Å². The van der Waals surface area contributed by atoms with Gasteiger partial charge in [-0.25, -0.2) is 0 Å². The molecule has 0 bridgehead atoms. The first-order chi connectivity index (χ1) is 11.1. The van der Waals surface area contributed by atoms with Crippen molar-refractivity contribution in [3.8, 4) is 0 Å². The first-order valence-electron chi connectivity index (χ1n) is 7.30. The Morgan fingerprint density at radius 1 is 1.33 bits per heavy atom. The van der Waals surface area contributed by atoms with Crippen LogP contribution in [0.25, 0.3) is 0 Å².